The molecule has 1 aliphatic carbocycles. The van der Waals surface area contributed by atoms with Gasteiger partial charge in [0.05, 0.1) is 11.7 Å². The van der Waals surface area contributed by atoms with Crippen LogP contribution in [0.1, 0.15) is 49.8 Å². The molecular formula is C19H28N4O2. The molecular weight excluding hydrogens is 316 g/mol. The van der Waals surface area contributed by atoms with Crippen LogP contribution in [-0.4, -0.2) is 46.3 Å². The standard InChI is InChI=1S/C19H28N4O2/c24-18-12-15-4-3-5-16(15)21-23(18)13-14-7-10-22(11-8-14)17-6-1-2-9-20-19(17)25/h12,14,17H,1-11,13H2,(H,20,25). The lowest BCUT2D eigenvalue weighted by Gasteiger charge is -2.36. The van der Waals surface area contributed by atoms with Gasteiger partial charge in [0.25, 0.3) is 5.56 Å². The van der Waals surface area contributed by atoms with Crippen molar-refractivity contribution >= 4 is 5.91 Å². The van der Waals surface area contributed by atoms with Gasteiger partial charge in [0.15, 0.2) is 0 Å². The molecule has 4 rings (SSSR count). The molecule has 0 aromatic carbocycles. The van der Waals surface area contributed by atoms with E-state index in [2.05, 4.69) is 15.3 Å². The number of likely N-dealkylation sites (tertiary alicyclic amines) is 1. The molecule has 1 amide bonds. The number of nitrogens with zero attached hydrogens (tertiary/aromatic N) is 3. The molecule has 3 heterocycles. The smallest absolute Gasteiger partial charge is 0.267 e. The zero-order valence-corrected chi connectivity index (χ0v) is 14.9. The van der Waals surface area contributed by atoms with Gasteiger partial charge >= 0.3 is 0 Å². The van der Waals surface area contributed by atoms with Crippen LogP contribution in [0, 0.1) is 5.92 Å². The van der Waals surface area contributed by atoms with Crippen molar-refractivity contribution in [3.8, 4) is 0 Å². The molecule has 1 N–H and O–H groups in total. The Morgan fingerprint density at radius 1 is 1.08 bits per heavy atom. The number of piperidine rings is 1. The van der Waals surface area contributed by atoms with Crippen molar-refractivity contribution in [3.05, 3.63) is 27.7 Å². The van der Waals surface area contributed by atoms with Crippen molar-refractivity contribution in [3.63, 3.8) is 0 Å². The second-order valence-electron chi connectivity index (χ2n) is 7.77. The van der Waals surface area contributed by atoms with Crippen molar-refractivity contribution in [1.82, 2.24) is 20.0 Å². The molecule has 1 aromatic heterocycles. The van der Waals surface area contributed by atoms with Gasteiger partial charge in [0, 0.05) is 19.2 Å². The number of carbonyl (C=O) groups excluding carboxylic acids is 1. The van der Waals surface area contributed by atoms with Crippen LogP contribution in [0.25, 0.3) is 0 Å². The average molecular weight is 344 g/mol. The van der Waals surface area contributed by atoms with Gasteiger partial charge < -0.3 is 5.32 Å². The summed E-state index contributed by atoms with van der Waals surface area (Å²) in [4.78, 5) is 26.9. The number of amides is 1. The fourth-order valence-electron chi connectivity index (χ4n) is 4.53. The van der Waals surface area contributed by atoms with Gasteiger partial charge in [-0.3, -0.25) is 14.5 Å². The Bertz CT molecular complexity index is 691. The molecule has 0 bridgehead atoms. The first-order valence-corrected chi connectivity index (χ1v) is 9.82. The van der Waals surface area contributed by atoms with Gasteiger partial charge in [-0.25, -0.2) is 4.68 Å². The lowest BCUT2D eigenvalue weighted by atomic mass is 9.94. The largest absolute Gasteiger partial charge is 0.355 e. The topological polar surface area (TPSA) is 67.2 Å². The quantitative estimate of drug-likeness (QED) is 0.892. The van der Waals surface area contributed by atoms with E-state index < -0.39 is 0 Å². The Balaban J connectivity index is 1.36. The molecule has 136 valence electrons. The van der Waals surface area contributed by atoms with E-state index in [0.717, 1.165) is 88.8 Å². The van der Waals surface area contributed by atoms with Crippen LogP contribution in [0.3, 0.4) is 0 Å². The lowest BCUT2D eigenvalue weighted by molar-refractivity contribution is -0.126. The number of hydrogen-bond acceptors (Lipinski definition) is 4. The maximum atomic E-state index is 12.3. The molecule has 2 saturated heterocycles. The number of fused-ring (bicyclic) bond motifs is 1. The van der Waals surface area contributed by atoms with Crippen molar-refractivity contribution in [2.45, 2.75) is 64.0 Å². The number of rotatable bonds is 3. The number of aryl methyl sites for hydroxylation is 2. The molecule has 2 aliphatic heterocycles. The SMILES string of the molecule is O=C1NCCCCC1N1CCC(Cn2nc3c(cc2=O)CCC3)CC1. The zero-order valence-electron chi connectivity index (χ0n) is 14.9. The summed E-state index contributed by atoms with van der Waals surface area (Å²) in [6.07, 6.45) is 8.38. The minimum Gasteiger partial charge on any atom is -0.355 e. The Morgan fingerprint density at radius 3 is 2.76 bits per heavy atom. The van der Waals surface area contributed by atoms with E-state index in [1.54, 1.807) is 10.7 Å². The molecule has 1 unspecified atom stereocenters. The van der Waals surface area contributed by atoms with Crippen molar-refractivity contribution < 1.29 is 4.79 Å². The van der Waals surface area contributed by atoms with Crippen LogP contribution in [-0.2, 0) is 24.2 Å². The molecule has 1 aromatic rings. The molecule has 1 atom stereocenters. The number of carbonyl (C=O) groups is 1. The van der Waals surface area contributed by atoms with Gasteiger partial charge in [0.2, 0.25) is 5.91 Å². The molecule has 0 radical (unpaired) electrons. The second kappa shape index (κ2) is 7.28. The van der Waals surface area contributed by atoms with Gasteiger partial charge in [-0.1, -0.05) is 0 Å². The first-order valence-electron chi connectivity index (χ1n) is 9.82. The third kappa shape index (κ3) is 3.64. The van der Waals surface area contributed by atoms with E-state index >= 15 is 0 Å². The summed E-state index contributed by atoms with van der Waals surface area (Å²) in [6.45, 7) is 3.43. The average Bonchev–Trinajstić information content (AvgIpc) is 2.95. The molecule has 25 heavy (non-hydrogen) atoms. The number of hydrogen-bond donors (Lipinski definition) is 1. The highest BCUT2D eigenvalue weighted by Gasteiger charge is 2.30. The lowest BCUT2D eigenvalue weighted by Crippen LogP contribution is -2.49. The predicted molar refractivity (Wildman–Crippen MR) is 95.5 cm³/mol. The van der Waals surface area contributed by atoms with E-state index in [9.17, 15) is 9.59 Å². The molecule has 3 aliphatic rings. The van der Waals surface area contributed by atoms with Crippen molar-refractivity contribution in [1.29, 1.82) is 0 Å². The van der Waals surface area contributed by atoms with Crippen LogP contribution < -0.4 is 10.9 Å². The summed E-state index contributed by atoms with van der Waals surface area (Å²) < 4.78 is 1.68. The fraction of sp³-hybridized carbons (Fsp3) is 0.737. The van der Waals surface area contributed by atoms with E-state index in [4.69, 9.17) is 0 Å². The van der Waals surface area contributed by atoms with E-state index in [1.807, 2.05) is 0 Å². The zero-order chi connectivity index (χ0) is 17.2. The van der Waals surface area contributed by atoms with Crippen LogP contribution in [0.2, 0.25) is 0 Å². The monoisotopic (exact) mass is 344 g/mol. The summed E-state index contributed by atoms with van der Waals surface area (Å²) in [5.41, 5.74) is 2.31. The first-order chi connectivity index (χ1) is 12.2. The van der Waals surface area contributed by atoms with E-state index in [0.29, 0.717) is 5.92 Å². The van der Waals surface area contributed by atoms with Crippen LogP contribution in [0.15, 0.2) is 10.9 Å². The van der Waals surface area contributed by atoms with Crippen LogP contribution in [0.4, 0.5) is 0 Å². The number of aromatic nitrogens is 2. The Hall–Kier alpha value is -1.69. The van der Waals surface area contributed by atoms with Crippen LogP contribution >= 0.6 is 0 Å². The highest BCUT2D eigenvalue weighted by atomic mass is 16.2. The normalized spacial score (nSPS) is 25.4. The van der Waals surface area contributed by atoms with Crippen LogP contribution in [0.5, 0.6) is 0 Å². The molecule has 6 heteroatoms. The van der Waals surface area contributed by atoms with E-state index in [1.165, 1.54) is 0 Å². The number of nitrogens with one attached hydrogen (secondary N) is 1. The summed E-state index contributed by atoms with van der Waals surface area (Å²) in [5.74, 6) is 0.683. The second-order valence-corrected chi connectivity index (χ2v) is 7.77. The van der Waals surface area contributed by atoms with Gasteiger partial charge in [-0.2, -0.15) is 5.10 Å². The van der Waals surface area contributed by atoms with Gasteiger partial charge in [0.1, 0.15) is 0 Å². The fourth-order valence-corrected chi connectivity index (χ4v) is 4.53. The molecule has 0 spiro atoms. The maximum Gasteiger partial charge on any atom is 0.267 e. The minimum absolute atomic E-state index is 0.0456. The summed E-state index contributed by atoms with van der Waals surface area (Å²) in [5, 5.41) is 7.64. The third-order valence-electron chi connectivity index (χ3n) is 6.05. The van der Waals surface area contributed by atoms with Crippen molar-refractivity contribution in [2.24, 2.45) is 5.92 Å². The van der Waals surface area contributed by atoms with Gasteiger partial charge in [-0.05, 0) is 75.9 Å². The van der Waals surface area contributed by atoms with E-state index in [-0.39, 0.29) is 17.5 Å². The molecule has 2 fully saturated rings. The highest BCUT2D eigenvalue weighted by molar-refractivity contribution is 5.81. The highest BCUT2D eigenvalue weighted by Crippen LogP contribution is 2.23. The third-order valence-corrected chi connectivity index (χ3v) is 6.05. The minimum atomic E-state index is 0.0456. The summed E-state index contributed by atoms with van der Waals surface area (Å²) >= 11 is 0. The Labute approximate surface area is 148 Å². The predicted octanol–water partition coefficient (Wildman–Crippen LogP) is 1.11. The molecule has 6 nitrogen and oxygen atoms in total. The Morgan fingerprint density at radius 2 is 1.92 bits per heavy atom. The first kappa shape index (κ1) is 16.8. The summed E-state index contributed by atoms with van der Waals surface area (Å²) in [7, 11) is 0. The van der Waals surface area contributed by atoms with Crippen molar-refractivity contribution in [2.75, 3.05) is 19.6 Å². The van der Waals surface area contributed by atoms with Gasteiger partial charge in [-0.15, -0.1) is 0 Å². The Kier molecular flexibility index (Phi) is 4.88. The molecule has 0 saturated carbocycles. The summed E-state index contributed by atoms with van der Waals surface area (Å²) in [6, 6.07) is 1.84. The maximum absolute atomic E-state index is 12.3.